The van der Waals surface area contributed by atoms with E-state index in [0.717, 1.165) is 25.0 Å². The van der Waals surface area contributed by atoms with Gasteiger partial charge in [0.05, 0.1) is 5.69 Å². The minimum atomic E-state index is 0.741. The van der Waals surface area contributed by atoms with Crippen LogP contribution in [0, 0.1) is 0 Å². The maximum absolute atomic E-state index is 4.83. The largest absolute Gasteiger partial charge is 0.361 e. The van der Waals surface area contributed by atoms with Crippen molar-refractivity contribution in [2.75, 3.05) is 20.1 Å². The minimum absolute atomic E-state index is 0.741. The summed E-state index contributed by atoms with van der Waals surface area (Å²) in [4.78, 5) is 13.3. The molecule has 1 N–H and O–H groups in total. The second-order valence-electron chi connectivity index (χ2n) is 9.95. The highest BCUT2D eigenvalue weighted by molar-refractivity contribution is 5.90. The van der Waals surface area contributed by atoms with Crippen LogP contribution in [0.25, 0.3) is 27.6 Å². The van der Waals surface area contributed by atoms with E-state index in [1.54, 1.807) is 0 Å². The number of aromatic nitrogens is 2. The van der Waals surface area contributed by atoms with Crippen LogP contribution < -0.4 is 0 Å². The Balaban J connectivity index is 1.13. The number of pyridine rings is 1. The summed E-state index contributed by atoms with van der Waals surface area (Å²) in [5.74, 6) is 0. The molecule has 5 heterocycles. The fourth-order valence-corrected chi connectivity index (χ4v) is 6.02. The number of nitrogens with zero attached hydrogens (tertiary/aromatic N) is 3. The number of hydrogen-bond donors (Lipinski definition) is 1. The molecule has 0 spiro atoms. The Bertz CT molecular complexity index is 1370. The van der Waals surface area contributed by atoms with Crippen molar-refractivity contribution in [2.24, 2.45) is 0 Å². The smallest absolute Gasteiger partial charge is 0.0520 e. The van der Waals surface area contributed by atoms with Crippen LogP contribution in [0.3, 0.4) is 0 Å². The SMILES string of the molecule is CN1CC2CC(C1)N2Cc1ccc(-c2cnc3c(c2)C(c2ccc4[nH]ccc4c2)=CC3)cc1. The second-order valence-corrected chi connectivity index (χ2v) is 9.95. The van der Waals surface area contributed by atoms with Crippen molar-refractivity contribution in [3.8, 4) is 11.1 Å². The summed E-state index contributed by atoms with van der Waals surface area (Å²) in [5, 5.41) is 1.25. The average molecular weight is 433 g/mol. The molecule has 8 rings (SSSR count). The van der Waals surface area contributed by atoms with Gasteiger partial charge in [-0.1, -0.05) is 36.4 Å². The maximum Gasteiger partial charge on any atom is 0.0520 e. The summed E-state index contributed by atoms with van der Waals surface area (Å²) >= 11 is 0. The quantitative estimate of drug-likeness (QED) is 0.487. The highest BCUT2D eigenvalue weighted by Gasteiger charge is 2.43. The van der Waals surface area contributed by atoms with Gasteiger partial charge >= 0.3 is 0 Å². The van der Waals surface area contributed by atoms with Crippen molar-refractivity contribution in [1.82, 2.24) is 19.8 Å². The molecule has 4 heteroatoms. The molecule has 4 nitrogen and oxygen atoms in total. The van der Waals surface area contributed by atoms with Crippen molar-refractivity contribution in [2.45, 2.75) is 31.5 Å². The standard InChI is InChI=1S/C29H28N4/c1-32-17-24-14-25(18-32)33(24)16-19-2-4-20(5-3-19)23-13-27-26(7-9-29(27)31-15-23)21-6-8-28-22(12-21)10-11-30-28/h2-8,10-13,15,24-25,30H,9,14,16-18H2,1H3. The zero-order valence-electron chi connectivity index (χ0n) is 19.0. The van der Waals surface area contributed by atoms with Crippen molar-refractivity contribution in [3.63, 3.8) is 0 Å². The fourth-order valence-electron chi connectivity index (χ4n) is 6.02. The number of rotatable bonds is 4. The van der Waals surface area contributed by atoms with Gasteiger partial charge in [0.2, 0.25) is 0 Å². The molecule has 3 fully saturated rings. The zero-order chi connectivity index (χ0) is 21.9. The Hall–Kier alpha value is -3.21. The normalized spacial score (nSPS) is 22.3. The van der Waals surface area contributed by atoms with Crippen LogP contribution >= 0.6 is 0 Å². The third-order valence-corrected chi connectivity index (χ3v) is 7.80. The molecule has 33 heavy (non-hydrogen) atoms. The number of nitrogens with one attached hydrogen (secondary N) is 1. The van der Waals surface area contributed by atoms with E-state index in [4.69, 9.17) is 4.98 Å². The maximum atomic E-state index is 4.83. The molecular formula is C29H28N4. The van der Waals surface area contributed by atoms with Crippen LogP contribution in [0.4, 0.5) is 0 Å². The molecule has 2 aromatic heterocycles. The minimum Gasteiger partial charge on any atom is -0.361 e. The predicted octanol–water partition coefficient (Wildman–Crippen LogP) is 5.11. The Kier molecular flexibility index (Phi) is 4.33. The van der Waals surface area contributed by atoms with Gasteiger partial charge in [0.15, 0.2) is 0 Å². The fraction of sp³-hybridized carbons (Fsp3) is 0.276. The number of piperidine rings is 1. The summed E-state index contributed by atoms with van der Waals surface area (Å²) < 4.78 is 0. The topological polar surface area (TPSA) is 35.2 Å². The molecule has 1 aliphatic carbocycles. The van der Waals surface area contributed by atoms with Crippen molar-refractivity contribution < 1.29 is 0 Å². The molecule has 2 aromatic carbocycles. The average Bonchev–Trinajstić information content (AvgIpc) is 3.48. The van der Waals surface area contributed by atoms with Gasteiger partial charge in [0, 0.05) is 67.2 Å². The van der Waals surface area contributed by atoms with Gasteiger partial charge in [-0.25, -0.2) is 0 Å². The van der Waals surface area contributed by atoms with Gasteiger partial charge in [0.1, 0.15) is 0 Å². The molecule has 3 saturated heterocycles. The van der Waals surface area contributed by atoms with Gasteiger partial charge in [0.25, 0.3) is 0 Å². The molecule has 0 amide bonds. The molecule has 0 radical (unpaired) electrons. The number of benzene rings is 2. The first-order chi connectivity index (χ1) is 16.2. The van der Waals surface area contributed by atoms with E-state index in [0.29, 0.717) is 0 Å². The van der Waals surface area contributed by atoms with Crippen LogP contribution in [0.15, 0.2) is 73.1 Å². The van der Waals surface area contributed by atoms with E-state index >= 15 is 0 Å². The van der Waals surface area contributed by atoms with Crippen LogP contribution in [-0.4, -0.2) is 52.0 Å². The predicted molar refractivity (Wildman–Crippen MR) is 134 cm³/mol. The third kappa shape index (κ3) is 3.25. The first-order valence-corrected chi connectivity index (χ1v) is 12.0. The molecule has 0 saturated carbocycles. The van der Waals surface area contributed by atoms with Crippen LogP contribution in [0.5, 0.6) is 0 Å². The van der Waals surface area contributed by atoms with Crippen molar-refractivity contribution in [1.29, 1.82) is 0 Å². The molecule has 2 atom stereocenters. The highest BCUT2D eigenvalue weighted by atomic mass is 15.3. The lowest BCUT2D eigenvalue weighted by atomic mass is 9.87. The van der Waals surface area contributed by atoms with Gasteiger partial charge in [-0.15, -0.1) is 0 Å². The number of H-pyrrole nitrogens is 1. The number of allylic oxidation sites excluding steroid dienone is 1. The van der Waals surface area contributed by atoms with Crippen molar-refractivity contribution >= 4 is 16.5 Å². The molecular weight excluding hydrogens is 404 g/mol. The van der Waals surface area contributed by atoms with E-state index in [1.165, 1.54) is 69.5 Å². The van der Waals surface area contributed by atoms with E-state index in [2.05, 4.69) is 82.5 Å². The Morgan fingerprint density at radius 3 is 2.61 bits per heavy atom. The Labute approximate surface area is 194 Å². The molecule has 2 unspecified atom stereocenters. The Morgan fingerprint density at radius 2 is 1.76 bits per heavy atom. The van der Waals surface area contributed by atoms with Crippen molar-refractivity contribution in [3.05, 3.63) is 95.5 Å². The first kappa shape index (κ1) is 19.3. The van der Waals surface area contributed by atoms with Gasteiger partial charge in [-0.2, -0.15) is 0 Å². The van der Waals surface area contributed by atoms with E-state index < -0.39 is 0 Å². The summed E-state index contributed by atoms with van der Waals surface area (Å²) in [6, 6.07) is 21.7. The molecule has 4 aromatic rings. The lowest BCUT2D eigenvalue weighted by Gasteiger charge is -2.56. The lowest BCUT2D eigenvalue weighted by Crippen LogP contribution is -2.67. The number of aromatic amines is 1. The number of fused-ring (bicyclic) bond motifs is 4. The highest BCUT2D eigenvalue weighted by Crippen LogP contribution is 2.36. The van der Waals surface area contributed by atoms with Crippen LogP contribution in [0.1, 0.15) is 28.8 Å². The van der Waals surface area contributed by atoms with Crippen LogP contribution in [0.2, 0.25) is 0 Å². The van der Waals surface area contributed by atoms with E-state index in [1.807, 2.05) is 12.4 Å². The van der Waals surface area contributed by atoms with Gasteiger partial charge in [-0.3, -0.25) is 9.88 Å². The molecule has 4 aliphatic rings. The monoisotopic (exact) mass is 432 g/mol. The number of piperazine rings is 1. The number of likely N-dealkylation sites (N-methyl/N-ethyl adjacent to an activating group) is 1. The van der Waals surface area contributed by atoms with E-state index in [9.17, 15) is 0 Å². The lowest BCUT2D eigenvalue weighted by molar-refractivity contribution is -0.0668. The summed E-state index contributed by atoms with van der Waals surface area (Å²) in [7, 11) is 2.25. The number of hydrogen-bond acceptors (Lipinski definition) is 3. The molecule has 164 valence electrons. The zero-order valence-corrected chi connectivity index (χ0v) is 19.0. The molecule has 2 bridgehead atoms. The third-order valence-electron chi connectivity index (χ3n) is 7.80. The van der Waals surface area contributed by atoms with Gasteiger partial charge in [-0.05, 0) is 65.4 Å². The summed E-state index contributed by atoms with van der Waals surface area (Å²) in [6.07, 6.45) is 8.63. The first-order valence-electron chi connectivity index (χ1n) is 12.0. The van der Waals surface area contributed by atoms with Crippen LogP contribution in [-0.2, 0) is 13.0 Å². The summed E-state index contributed by atoms with van der Waals surface area (Å²) in [5.41, 5.74) is 10.0. The Morgan fingerprint density at radius 1 is 0.939 bits per heavy atom. The second kappa shape index (κ2) is 7.41. The van der Waals surface area contributed by atoms with Gasteiger partial charge < -0.3 is 9.88 Å². The van der Waals surface area contributed by atoms with E-state index in [-0.39, 0.29) is 0 Å². The summed E-state index contributed by atoms with van der Waals surface area (Å²) in [6.45, 7) is 3.49. The molecule has 3 aliphatic heterocycles.